The third kappa shape index (κ3) is 12.2. The second kappa shape index (κ2) is 12.5. The van der Waals surface area contributed by atoms with E-state index in [1.165, 1.54) is 31.4 Å². The Bertz CT molecular complexity index is 838. The molecule has 0 unspecified atom stereocenters. The Labute approximate surface area is 177 Å². The number of carbonyl (C=O) groups is 1. The molecule has 0 spiro atoms. The van der Waals surface area contributed by atoms with Crippen LogP contribution in [0.4, 0.5) is 37.7 Å². The van der Waals surface area contributed by atoms with Crippen molar-refractivity contribution in [1.82, 2.24) is 0 Å². The van der Waals surface area contributed by atoms with E-state index in [4.69, 9.17) is 36.7 Å². The molecule has 2 rings (SSSR count). The summed E-state index contributed by atoms with van der Waals surface area (Å²) in [7, 11) is 3.09. The first kappa shape index (κ1) is 27.8. The number of rotatable bonds is 3. The predicted molar refractivity (Wildman–Crippen MR) is 103 cm³/mol. The van der Waals surface area contributed by atoms with Crippen molar-refractivity contribution in [2.75, 3.05) is 20.0 Å². The van der Waals surface area contributed by atoms with Crippen molar-refractivity contribution in [2.45, 2.75) is 12.4 Å². The predicted octanol–water partition coefficient (Wildman–Crippen LogP) is 5.44. The summed E-state index contributed by atoms with van der Waals surface area (Å²) in [6.07, 6.45) is -9.69. The zero-order chi connectivity index (χ0) is 24.2. The number of carboxylic acid groups (broad SMARTS) is 1. The highest BCUT2D eigenvalue weighted by atomic mass is 35.5. The number of nitrogen functional groups attached to an aromatic ring is 1. The average molecular weight is 475 g/mol. The molecule has 0 heterocycles. The molecule has 2 aromatic rings. The van der Waals surface area contributed by atoms with Crippen LogP contribution in [0.25, 0.3) is 0 Å². The number of nitrogens with two attached hydrogens (primary N) is 1. The standard InChI is InChI=1S/C9H7ClF3NO.C7H9NO.C2HF3O2/c1-15-7-4-2-6(3-5-7)14-8(10)9(11,12)13;1-9-7-4-2-6(8)3-5-7;3-2(4,5)1(6)7/h2-5H,1H3;2-5H,8H2,1H3;(H,6,7). The van der Waals surface area contributed by atoms with Gasteiger partial charge in [0.1, 0.15) is 11.5 Å². The van der Waals surface area contributed by atoms with Crippen LogP contribution in [0.5, 0.6) is 11.5 Å². The van der Waals surface area contributed by atoms with Crippen LogP contribution < -0.4 is 15.2 Å². The fourth-order valence-corrected chi connectivity index (χ4v) is 1.53. The van der Waals surface area contributed by atoms with Crippen LogP contribution in [0, 0.1) is 0 Å². The Hall–Kier alpha value is -3.15. The van der Waals surface area contributed by atoms with Gasteiger partial charge in [0.25, 0.3) is 0 Å². The molecule has 0 atom stereocenters. The number of aliphatic imine (C=N–C) groups is 1. The Morgan fingerprint density at radius 1 is 0.871 bits per heavy atom. The maximum atomic E-state index is 12.0. The Balaban J connectivity index is 0.000000479. The summed E-state index contributed by atoms with van der Waals surface area (Å²) in [6, 6.07) is 13.0. The van der Waals surface area contributed by atoms with Gasteiger partial charge in [0.2, 0.25) is 5.17 Å². The number of hydrogen-bond acceptors (Lipinski definition) is 5. The zero-order valence-corrected chi connectivity index (χ0v) is 16.7. The molecule has 31 heavy (non-hydrogen) atoms. The van der Waals surface area contributed by atoms with Gasteiger partial charge in [-0.2, -0.15) is 26.3 Å². The lowest BCUT2D eigenvalue weighted by molar-refractivity contribution is -0.192. The largest absolute Gasteiger partial charge is 0.497 e. The lowest BCUT2D eigenvalue weighted by atomic mass is 10.3. The molecule has 2 aromatic carbocycles. The molecule has 6 nitrogen and oxygen atoms in total. The summed E-state index contributed by atoms with van der Waals surface area (Å²) >= 11 is 4.96. The molecular formula is C18H17ClF6N2O4. The van der Waals surface area contributed by atoms with Crippen molar-refractivity contribution in [3.63, 3.8) is 0 Å². The number of benzene rings is 2. The number of ether oxygens (including phenoxy) is 2. The number of alkyl halides is 6. The van der Waals surface area contributed by atoms with E-state index in [-0.39, 0.29) is 5.69 Å². The molecular weight excluding hydrogens is 458 g/mol. The molecule has 0 saturated heterocycles. The highest BCUT2D eigenvalue weighted by Crippen LogP contribution is 2.25. The smallest absolute Gasteiger partial charge is 0.490 e. The minimum absolute atomic E-state index is 0.123. The highest BCUT2D eigenvalue weighted by molar-refractivity contribution is 6.67. The summed E-state index contributed by atoms with van der Waals surface area (Å²) in [5.74, 6) is -1.38. The number of hydrogen-bond donors (Lipinski definition) is 2. The molecule has 0 aliphatic heterocycles. The maximum absolute atomic E-state index is 12.0. The molecule has 0 saturated carbocycles. The quantitative estimate of drug-likeness (QED) is 0.351. The van der Waals surface area contributed by atoms with Gasteiger partial charge in [-0.3, -0.25) is 0 Å². The van der Waals surface area contributed by atoms with Crippen molar-refractivity contribution in [3.8, 4) is 11.5 Å². The van der Waals surface area contributed by atoms with E-state index < -0.39 is 23.5 Å². The zero-order valence-electron chi connectivity index (χ0n) is 16.0. The Morgan fingerprint density at radius 3 is 1.52 bits per heavy atom. The number of carboxylic acids is 1. The summed E-state index contributed by atoms with van der Waals surface area (Å²) in [6.45, 7) is 0. The van der Waals surface area contributed by atoms with Gasteiger partial charge in [-0.1, -0.05) is 11.6 Å². The topological polar surface area (TPSA) is 94.1 Å². The van der Waals surface area contributed by atoms with Crippen LogP contribution in [0.2, 0.25) is 0 Å². The van der Waals surface area contributed by atoms with Crippen LogP contribution in [0.15, 0.2) is 53.5 Å². The van der Waals surface area contributed by atoms with E-state index in [2.05, 4.69) is 4.99 Å². The van der Waals surface area contributed by atoms with Gasteiger partial charge in [0.15, 0.2) is 0 Å². The van der Waals surface area contributed by atoms with Crippen LogP contribution >= 0.6 is 11.6 Å². The molecule has 0 aromatic heterocycles. The van der Waals surface area contributed by atoms with E-state index in [1.54, 1.807) is 19.2 Å². The number of aliphatic carboxylic acids is 1. The first-order valence-corrected chi connectivity index (χ1v) is 8.23. The van der Waals surface area contributed by atoms with E-state index in [0.29, 0.717) is 5.75 Å². The summed E-state index contributed by atoms with van der Waals surface area (Å²) in [4.78, 5) is 12.1. The number of nitrogens with zero attached hydrogens (tertiary/aromatic N) is 1. The molecule has 3 N–H and O–H groups in total. The lowest BCUT2D eigenvalue weighted by Crippen LogP contribution is -2.21. The summed E-state index contributed by atoms with van der Waals surface area (Å²) in [5, 5.41) is 5.73. The molecule has 0 bridgehead atoms. The molecule has 13 heteroatoms. The normalized spacial score (nSPS) is 11.3. The van der Waals surface area contributed by atoms with Gasteiger partial charge in [0.05, 0.1) is 19.9 Å². The molecule has 0 aliphatic rings. The van der Waals surface area contributed by atoms with Crippen molar-refractivity contribution in [1.29, 1.82) is 0 Å². The van der Waals surface area contributed by atoms with E-state index >= 15 is 0 Å². The number of methoxy groups -OCH3 is 2. The van der Waals surface area contributed by atoms with Crippen LogP contribution in [-0.4, -0.2) is 42.8 Å². The number of halogens is 7. The Kier molecular flexibility index (Phi) is 11.3. The monoisotopic (exact) mass is 474 g/mol. The first-order valence-electron chi connectivity index (χ1n) is 7.85. The van der Waals surface area contributed by atoms with Gasteiger partial charge in [-0.05, 0) is 48.5 Å². The Morgan fingerprint density at radius 2 is 1.23 bits per heavy atom. The van der Waals surface area contributed by atoms with E-state index in [1.807, 2.05) is 12.1 Å². The molecule has 0 aliphatic carbocycles. The molecule has 0 fully saturated rings. The van der Waals surface area contributed by atoms with Gasteiger partial charge in [-0.15, -0.1) is 0 Å². The molecule has 0 amide bonds. The highest BCUT2D eigenvalue weighted by Gasteiger charge is 2.38. The van der Waals surface area contributed by atoms with Crippen molar-refractivity contribution in [2.24, 2.45) is 4.99 Å². The van der Waals surface area contributed by atoms with E-state index in [9.17, 15) is 26.3 Å². The SMILES string of the molecule is COc1ccc(N)cc1.COc1ccc(N=C(Cl)C(F)(F)F)cc1.O=C(O)C(F)(F)F. The molecule has 172 valence electrons. The molecule has 0 radical (unpaired) electrons. The minimum atomic E-state index is -5.08. The van der Waals surface area contributed by atoms with Gasteiger partial charge in [-0.25, -0.2) is 9.79 Å². The lowest BCUT2D eigenvalue weighted by Gasteiger charge is -2.03. The van der Waals surface area contributed by atoms with Crippen LogP contribution in [-0.2, 0) is 4.79 Å². The first-order chi connectivity index (χ1) is 14.2. The van der Waals surface area contributed by atoms with Gasteiger partial charge >= 0.3 is 18.3 Å². The van der Waals surface area contributed by atoms with Gasteiger partial charge in [0, 0.05) is 5.69 Å². The fourth-order valence-electron chi connectivity index (χ4n) is 1.44. The average Bonchev–Trinajstić information content (AvgIpc) is 2.68. The second-order valence-electron chi connectivity index (χ2n) is 5.17. The fraction of sp³-hybridized carbons (Fsp3) is 0.222. The number of anilines is 1. The van der Waals surface area contributed by atoms with Crippen molar-refractivity contribution >= 4 is 34.1 Å². The van der Waals surface area contributed by atoms with Crippen molar-refractivity contribution in [3.05, 3.63) is 48.5 Å². The van der Waals surface area contributed by atoms with Gasteiger partial charge < -0.3 is 20.3 Å². The van der Waals surface area contributed by atoms with Crippen LogP contribution in [0.3, 0.4) is 0 Å². The second-order valence-corrected chi connectivity index (χ2v) is 5.53. The van der Waals surface area contributed by atoms with Crippen LogP contribution in [0.1, 0.15) is 0 Å². The summed E-state index contributed by atoms with van der Waals surface area (Å²) < 4.78 is 77.5. The summed E-state index contributed by atoms with van der Waals surface area (Å²) in [5.41, 5.74) is 6.31. The third-order valence-electron chi connectivity index (χ3n) is 2.89. The van der Waals surface area contributed by atoms with Crippen molar-refractivity contribution < 1.29 is 45.7 Å². The third-order valence-corrected chi connectivity index (χ3v) is 3.19. The van der Waals surface area contributed by atoms with E-state index in [0.717, 1.165) is 11.4 Å². The maximum Gasteiger partial charge on any atom is 0.490 e. The minimum Gasteiger partial charge on any atom is -0.497 e.